The minimum absolute atomic E-state index is 0.183. The van der Waals surface area contributed by atoms with E-state index >= 15 is 0 Å². The number of alkyl halides is 3. The number of rotatable bonds is 13. The number of halogens is 4. The summed E-state index contributed by atoms with van der Waals surface area (Å²) in [7, 11) is 0. The van der Waals surface area contributed by atoms with Gasteiger partial charge in [0.05, 0.1) is 10.7 Å². The van der Waals surface area contributed by atoms with E-state index in [2.05, 4.69) is 22.9 Å². The summed E-state index contributed by atoms with van der Waals surface area (Å²) < 4.78 is -1.78. The first-order valence-electron chi connectivity index (χ1n) is 10.4. The number of carbonyl (C=O) groups excluding carboxylic acids is 1. The molecule has 1 aromatic carbocycles. The van der Waals surface area contributed by atoms with E-state index < -0.39 is 9.96 Å². The first kappa shape index (κ1) is 27.6. The summed E-state index contributed by atoms with van der Waals surface area (Å²) >= 11 is 29.4. The number of unbranched alkanes of at least 4 members (excludes halogenated alkanes) is 8. The number of hydrogen-bond acceptors (Lipinski definition) is 2. The SMILES string of the molecule is CCCCCCCCCCCC(=O)N[C@H](NC(=S)Nc1ccccc1Cl)C(Cl)(Cl)Cl. The Hall–Kier alpha value is -0.460. The van der Waals surface area contributed by atoms with Gasteiger partial charge in [-0.15, -0.1) is 0 Å². The second-order valence-electron chi connectivity index (χ2n) is 7.20. The molecule has 1 amide bonds. The molecule has 0 spiro atoms. The van der Waals surface area contributed by atoms with E-state index in [0.29, 0.717) is 17.1 Å². The van der Waals surface area contributed by atoms with Crippen molar-refractivity contribution in [3.63, 3.8) is 0 Å². The normalized spacial score (nSPS) is 12.3. The molecule has 1 aromatic rings. The Balaban J connectivity index is 2.35. The predicted octanol–water partition coefficient (Wildman–Crippen LogP) is 7.36. The van der Waals surface area contributed by atoms with Gasteiger partial charge in [-0.05, 0) is 30.8 Å². The van der Waals surface area contributed by atoms with Crippen molar-refractivity contribution in [3.05, 3.63) is 29.3 Å². The molecule has 0 aliphatic carbocycles. The number of thiocarbonyl (C=S) groups is 1. The molecule has 4 nitrogen and oxygen atoms in total. The lowest BCUT2D eigenvalue weighted by Crippen LogP contribution is -2.56. The first-order chi connectivity index (χ1) is 14.2. The molecule has 0 fully saturated rings. The van der Waals surface area contributed by atoms with E-state index in [1.165, 1.54) is 38.5 Å². The van der Waals surface area contributed by atoms with Crippen molar-refractivity contribution in [2.75, 3.05) is 5.32 Å². The highest BCUT2D eigenvalue weighted by Gasteiger charge is 2.34. The molecule has 0 unspecified atom stereocenters. The molecule has 0 radical (unpaired) electrons. The van der Waals surface area contributed by atoms with Crippen molar-refractivity contribution in [1.29, 1.82) is 0 Å². The number of benzene rings is 1. The number of para-hydroxylation sites is 1. The maximum Gasteiger partial charge on any atom is 0.228 e. The molecule has 9 heteroatoms. The Labute approximate surface area is 205 Å². The number of hydrogen-bond donors (Lipinski definition) is 3. The average Bonchev–Trinajstić information content (AvgIpc) is 2.67. The second-order valence-corrected chi connectivity index (χ2v) is 10.4. The van der Waals surface area contributed by atoms with Gasteiger partial charge in [0.2, 0.25) is 9.70 Å². The summed E-state index contributed by atoms with van der Waals surface area (Å²) in [5.74, 6) is -0.192. The highest BCUT2D eigenvalue weighted by atomic mass is 35.6. The van der Waals surface area contributed by atoms with Crippen molar-refractivity contribution in [2.24, 2.45) is 0 Å². The van der Waals surface area contributed by atoms with Gasteiger partial charge in [-0.1, -0.05) is 117 Å². The fourth-order valence-electron chi connectivity index (χ4n) is 2.88. The van der Waals surface area contributed by atoms with Crippen LogP contribution in [0.4, 0.5) is 5.69 Å². The molecule has 30 heavy (non-hydrogen) atoms. The topological polar surface area (TPSA) is 53.2 Å². The third-order valence-corrected chi connectivity index (χ3v) is 5.74. The Morgan fingerprint density at radius 3 is 2.10 bits per heavy atom. The molecular weight excluding hydrogens is 484 g/mol. The smallest absolute Gasteiger partial charge is 0.228 e. The summed E-state index contributed by atoms with van der Waals surface area (Å²) in [6.45, 7) is 2.22. The average molecular weight is 515 g/mol. The van der Waals surface area contributed by atoms with Crippen LogP contribution < -0.4 is 16.0 Å². The van der Waals surface area contributed by atoms with Crippen molar-refractivity contribution in [2.45, 2.75) is 81.1 Å². The minimum Gasteiger partial charge on any atom is -0.339 e. The molecule has 0 saturated heterocycles. The highest BCUT2D eigenvalue weighted by Crippen LogP contribution is 2.29. The van der Waals surface area contributed by atoms with Crippen molar-refractivity contribution < 1.29 is 4.79 Å². The molecular formula is C21H31Cl4N3OS. The lowest BCUT2D eigenvalue weighted by molar-refractivity contribution is -0.122. The molecule has 0 aromatic heterocycles. The van der Waals surface area contributed by atoms with Gasteiger partial charge in [-0.2, -0.15) is 0 Å². The fraction of sp³-hybridized carbons (Fsp3) is 0.619. The van der Waals surface area contributed by atoms with Crippen LogP contribution in [0.25, 0.3) is 0 Å². The van der Waals surface area contributed by atoms with E-state index in [9.17, 15) is 4.79 Å². The Bertz CT molecular complexity index is 655. The van der Waals surface area contributed by atoms with Gasteiger partial charge in [0.1, 0.15) is 6.17 Å². The zero-order chi connectivity index (χ0) is 22.4. The molecule has 0 aliphatic heterocycles. The van der Waals surface area contributed by atoms with Gasteiger partial charge in [0.25, 0.3) is 0 Å². The van der Waals surface area contributed by atoms with Crippen LogP contribution in [0.5, 0.6) is 0 Å². The van der Waals surface area contributed by atoms with E-state index in [0.717, 1.165) is 19.3 Å². The monoisotopic (exact) mass is 513 g/mol. The lowest BCUT2D eigenvalue weighted by atomic mass is 10.1. The van der Waals surface area contributed by atoms with Gasteiger partial charge in [-0.25, -0.2) is 0 Å². The molecule has 0 aliphatic rings. The zero-order valence-electron chi connectivity index (χ0n) is 17.3. The maximum absolute atomic E-state index is 12.3. The molecule has 170 valence electrons. The van der Waals surface area contributed by atoms with Crippen LogP contribution in [0.1, 0.15) is 71.1 Å². The van der Waals surface area contributed by atoms with E-state index in [-0.39, 0.29) is 11.0 Å². The van der Waals surface area contributed by atoms with Crippen LogP contribution in [0.3, 0.4) is 0 Å². The van der Waals surface area contributed by atoms with Crippen molar-refractivity contribution >= 4 is 75.3 Å². The van der Waals surface area contributed by atoms with E-state index in [1.807, 2.05) is 6.07 Å². The minimum atomic E-state index is -1.78. The summed E-state index contributed by atoms with van der Waals surface area (Å²) in [6.07, 6.45) is 10.0. The molecule has 1 atom stereocenters. The van der Waals surface area contributed by atoms with Crippen LogP contribution >= 0.6 is 58.6 Å². The summed E-state index contributed by atoms with van der Waals surface area (Å²) in [5, 5.41) is 9.16. The predicted molar refractivity (Wildman–Crippen MR) is 135 cm³/mol. The molecule has 1 rings (SSSR count). The lowest BCUT2D eigenvalue weighted by Gasteiger charge is -2.28. The Kier molecular flexibility index (Phi) is 14.1. The molecule has 0 bridgehead atoms. The summed E-state index contributed by atoms with van der Waals surface area (Å²) in [5.41, 5.74) is 0.612. The number of amides is 1. The molecule has 3 N–H and O–H groups in total. The molecule has 0 saturated carbocycles. The van der Waals surface area contributed by atoms with Gasteiger partial charge in [0.15, 0.2) is 5.11 Å². The zero-order valence-corrected chi connectivity index (χ0v) is 21.1. The van der Waals surface area contributed by atoms with Gasteiger partial charge >= 0.3 is 0 Å². The van der Waals surface area contributed by atoms with Crippen molar-refractivity contribution in [1.82, 2.24) is 10.6 Å². The third kappa shape index (κ3) is 12.4. The van der Waals surface area contributed by atoms with Crippen molar-refractivity contribution in [3.8, 4) is 0 Å². The second kappa shape index (κ2) is 15.4. The van der Waals surface area contributed by atoms with Gasteiger partial charge in [-0.3, -0.25) is 4.79 Å². The quantitative estimate of drug-likeness (QED) is 0.111. The largest absolute Gasteiger partial charge is 0.339 e. The van der Waals surface area contributed by atoms with Crippen LogP contribution in [0.15, 0.2) is 24.3 Å². The first-order valence-corrected chi connectivity index (χ1v) is 12.3. The number of carbonyl (C=O) groups is 1. The Morgan fingerprint density at radius 2 is 1.53 bits per heavy atom. The third-order valence-electron chi connectivity index (χ3n) is 4.54. The fourth-order valence-corrected chi connectivity index (χ4v) is 3.62. The van der Waals surface area contributed by atoms with Crippen LogP contribution in [0, 0.1) is 0 Å². The van der Waals surface area contributed by atoms with Gasteiger partial charge in [0, 0.05) is 6.42 Å². The van der Waals surface area contributed by atoms with E-state index in [1.54, 1.807) is 18.2 Å². The number of anilines is 1. The van der Waals surface area contributed by atoms with Crippen LogP contribution in [-0.4, -0.2) is 21.0 Å². The molecule has 0 heterocycles. The highest BCUT2D eigenvalue weighted by molar-refractivity contribution is 7.80. The summed E-state index contributed by atoms with van der Waals surface area (Å²) in [6, 6.07) is 7.12. The standard InChI is InChI=1S/C21H31Cl4N3OS/c1-2-3-4-5-6-7-8-9-10-15-18(29)27-19(21(23,24)25)28-20(30)26-17-14-12-11-13-16(17)22/h11-14,19H,2-10,15H2,1H3,(H,27,29)(H2,26,28,30)/t19-/m1/s1. The van der Waals surface area contributed by atoms with E-state index in [4.69, 9.17) is 58.6 Å². The van der Waals surface area contributed by atoms with Gasteiger partial charge < -0.3 is 16.0 Å². The number of nitrogens with one attached hydrogen (secondary N) is 3. The van der Waals surface area contributed by atoms with Crippen LogP contribution in [0.2, 0.25) is 5.02 Å². The Morgan fingerprint density at radius 1 is 0.967 bits per heavy atom. The maximum atomic E-state index is 12.3. The summed E-state index contributed by atoms with van der Waals surface area (Å²) in [4.78, 5) is 12.3. The van der Waals surface area contributed by atoms with Crippen LogP contribution in [-0.2, 0) is 4.79 Å².